The van der Waals surface area contributed by atoms with Gasteiger partial charge in [-0.1, -0.05) is 30.3 Å². The second kappa shape index (κ2) is 7.73. The first-order valence-electron chi connectivity index (χ1n) is 5.46. The van der Waals surface area contributed by atoms with Crippen molar-refractivity contribution in [1.29, 1.82) is 0 Å². The molecule has 4 N–H and O–H groups in total. The maximum Gasteiger partial charge on any atom is 0.321 e. The van der Waals surface area contributed by atoms with Crippen LogP contribution >= 0.6 is 11.8 Å². The van der Waals surface area contributed by atoms with Crippen molar-refractivity contribution >= 4 is 23.6 Å². The van der Waals surface area contributed by atoms with Crippen LogP contribution in [0.4, 0.5) is 0 Å². The number of carboxylic acid groups (broad SMARTS) is 1. The van der Waals surface area contributed by atoms with E-state index in [1.54, 1.807) is 0 Å². The molecule has 1 atom stereocenters. The molecule has 0 heterocycles. The number of carboxylic acids is 1. The lowest BCUT2D eigenvalue weighted by Crippen LogP contribution is -2.33. The first-order chi connectivity index (χ1) is 8.59. The van der Waals surface area contributed by atoms with Gasteiger partial charge in [0.15, 0.2) is 0 Å². The van der Waals surface area contributed by atoms with Gasteiger partial charge in [-0.3, -0.25) is 9.59 Å². The summed E-state index contributed by atoms with van der Waals surface area (Å²) in [6.07, 6.45) is 0. The Kier molecular flexibility index (Phi) is 6.24. The van der Waals surface area contributed by atoms with E-state index in [1.165, 1.54) is 11.8 Å². The van der Waals surface area contributed by atoms with E-state index >= 15 is 0 Å². The summed E-state index contributed by atoms with van der Waals surface area (Å²) in [4.78, 5) is 21.9. The summed E-state index contributed by atoms with van der Waals surface area (Å²) in [6.45, 7) is 0.477. The second-order valence-electron chi connectivity index (χ2n) is 3.72. The number of carbonyl (C=O) groups excluding carboxylic acids is 1. The number of rotatable bonds is 7. The van der Waals surface area contributed by atoms with Gasteiger partial charge in [-0.2, -0.15) is 0 Å². The minimum atomic E-state index is -1.05. The molecule has 0 aliphatic rings. The number of hydrogen-bond acceptors (Lipinski definition) is 4. The van der Waals surface area contributed by atoms with Gasteiger partial charge in [0, 0.05) is 12.3 Å². The highest BCUT2D eigenvalue weighted by molar-refractivity contribution is 8.00. The molecule has 5 nitrogen and oxygen atoms in total. The van der Waals surface area contributed by atoms with Crippen molar-refractivity contribution in [2.75, 3.05) is 11.5 Å². The predicted octanol–water partition coefficient (Wildman–Crippen LogP) is 0.448. The third kappa shape index (κ3) is 5.70. The van der Waals surface area contributed by atoms with E-state index in [2.05, 4.69) is 5.32 Å². The Bertz CT molecular complexity index is 398. The Hall–Kier alpha value is -1.53. The van der Waals surface area contributed by atoms with E-state index in [-0.39, 0.29) is 17.4 Å². The van der Waals surface area contributed by atoms with Crippen molar-refractivity contribution in [1.82, 2.24) is 5.32 Å². The Morgan fingerprint density at radius 2 is 2.00 bits per heavy atom. The molecular formula is C12H16N2O3S. The van der Waals surface area contributed by atoms with Crippen LogP contribution in [-0.4, -0.2) is 34.5 Å². The lowest BCUT2D eigenvalue weighted by atomic mass is 10.2. The molecule has 0 fully saturated rings. The Balaban J connectivity index is 2.17. The van der Waals surface area contributed by atoms with Crippen LogP contribution < -0.4 is 11.1 Å². The molecule has 1 rings (SSSR count). The second-order valence-corrected chi connectivity index (χ2v) is 4.75. The predicted molar refractivity (Wildman–Crippen MR) is 71.2 cm³/mol. The van der Waals surface area contributed by atoms with Crippen LogP contribution in [-0.2, 0) is 16.1 Å². The van der Waals surface area contributed by atoms with Crippen LogP contribution in [0.25, 0.3) is 0 Å². The fourth-order valence-electron chi connectivity index (χ4n) is 1.20. The molecular weight excluding hydrogens is 252 g/mol. The van der Waals surface area contributed by atoms with Crippen molar-refractivity contribution in [2.45, 2.75) is 12.6 Å². The van der Waals surface area contributed by atoms with Gasteiger partial charge in [-0.25, -0.2) is 0 Å². The summed E-state index contributed by atoms with van der Waals surface area (Å²) < 4.78 is 0. The number of thioether (sulfide) groups is 1. The summed E-state index contributed by atoms with van der Waals surface area (Å²) in [5, 5.41) is 11.3. The molecule has 1 unspecified atom stereocenters. The van der Waals surface area contributed by atoms with E-state index in [0.29, 0.717) is 6.54 Å². The zero-order valence-electron chi connectivity index (χ0n) is 9.83. The van der Waals surface area contributed by atoms with Crippen LogP contribution in [0.2, 0.25) is 0 Å². The summed E-state index contributed by atoms with van der Waals surface area (Å²) in [5.41, 5.74) is 6.34. The highest BCUT2D eigenvalue weighted by Crippen LogP contribution is 2.02. The van der Waals surface area contributed by atoms with E-state index in [0.717, 1.165) is 5.56 Å². The molecule has 0 aliphatic heterocycles. The largest absolute Gasteiger partial charge is 0.480 e. The monoisotopic (exact) mass is 268 g/mol. The van der Waals surface area contributed by atoms with Crippen LogP contribution in [0.15, 0.2) is 30.3 Å². The molecule has 0 saturated carbocycles. The lowest BCUT2D eigenvalue weighted by molar-refractivity contribution is -0.138. The molecule has 0 spiro atoms. The van der Waals surface area contributed by atoms with Crippen molar-refractivity contribution < 1.29 is 14.7 Å². The molecule has 0 aromatic heterocycles. The number of aliphatic carboxylic acids is 1. The third-order valence-corrected chi connectivity index (χ3v) is 3.24. The van der Waals surface area contributed by atoms with Crippen molar-refractivity contribution in [3.05, 3.63) is 35.9 Å². The Labute approximate surface area is 110 Å². The summed E-state index contributed by atoms with van der Waals surface area (Å²) in [5.74, 6) is -0.726. The Morgan fingerprint density at radius 3 is 2.61 bits per heavy atom. The molecule has 98 valence electrons. The Morgan fingerprint density at radius 1 is 1.33 bits per heavy atom. The van der Waals surface area contributed by atoms with E-state index in [4.69, 9.17) is 10.8 Å². The smallest absolute Gasteiger partial charge is 0.321 e. The van der Waals surface area contributed by atoms with Crippen molar-refractivity contribution in [2.24, 2.45) is 5.73 Å². The molecule has 0 saturated heterocycles. The summed E-state index contributed by atoms with van der Waals surface area (Å²) >= 11 is 1.22. The minimum Gasteiger partial charge on any atom is -0.480 e. The molecule has 1 amide bonds. The highest BCUT2D eigenvalue weighted by atomic mass is 32.2. The zero-order valence-corrected chi connectivity index (χ0v) is 10.7. The van der Waals surface area contributed by atoms with Gasteiger partial charge in [0.2, 0.25) is 5.91 Å². The minimum absolute atomic E-state index is 0.124. The molecule has 6 heteroatoms. The maximum absolute atomic E-state index is 11.4. The van der Waals surface area contributed by atoms with Gasteiger partial charge in [0.05, 0.1) is 5.75 Å². The molecule has 0 radical (unpaired) electrons. The quantitative estimate of drug-likeness (QED) is 0.667. The molecule has 1 aromatic rings. The van der Waals surface area contributed by atoms with E-state index in [1.807, 2.05) is 30.3 Å². The summed E-state index contributed by atoms with van der Waals surface area (Å²) in [6, 6.07) is 8.65. The number of carbonyl (C=O) groups is 2. The topological polar surface area (TPSA) is 92.4 Å². The molecule has 0 bridgehead atoms. The first kappa shape index (κ1) is 14.5. The average molecular weight is 268 g/mol. The zero-order chi connectivity index (χ0) is 13.4. The number of benzene rings is 1. The third-order valence-electron chi connectivity index (χ3n) is 2.18. The SMILES string of the molecule is NC(CSCC(=O)NCc1ccccc1)C(=O)O. The van der Waals surface area contributed by atoms with Gasteiger partial charge in [-0.05, 0) is 5.56 Å². The van der Waals surface area contributed by atoms with Gasteiger partial charge in [-0.15, -0.1) is 11.8 Å². The van der Waals surface area contributed by atoms with Gasteiger partial charge >= 0.3 is 5.97 Å². The lowest BCUT2D eigenvalue weighted by Gasteiger charge is -2.07. The standard InChI is InChI=1S/C12H16N2O3S/c13-10(12(16)17)7-18-8-11(15)14-6-9-4-2-1-3-5-9/h1-5,10H,6-8,13H2,(H,14,15)(H,16,17). The number of hydrogen-bond donors (Lipinski definition) is 3. The van der Waals surface area contributed by atoms with Gasteiger partial charge < -0.3 is 16.2 Å². The van der Waals surface area contributed by atoms with Gasteiger partial charge in [0.1, 0.15) is 6.04 Å². The van der Waals surface area contributed by atoms with E-state index in [9.17, 15) is 9.59 Å². The first-order valence-corrected chi connectivity index (χ1v) is 6.62. The molecule has 18 heavy (non-hydrogen) atoms. The fraction of sp³-hybridized carbons (Fsp3) is 0.333. The van der Waals surface area contributed by atoms with Crippen molar-refractivity contribution in [3.8, 4) is 0 Å². The van der Waals surface area contributed by atoms with Crippen LogP contribution in [0.3, 0.4) is 0 Å². The average Bonchev–Trinajstić information content (AvgIpc) is 2.37. The van der Waals surface area contributed by atoms with E-state index < -0.39 is 12.0 Å². The van der Waals surface area contributed by atoms with Crippen molar-refractivity contribution in [3.63, 3.8) is 0 Å². The highest BCUT2D eigenvalue weighted by Gasteiger charge is 2.11. The normalized spacial score (nSPS) is 11.8. The number of nitrogens with one attached hydrogen (secondary N) is 1. The van der Waals surface area contributed by atoms with Crippen LogP contribution in [0.5, 0.6) is 0 Å². The van der Waals surface area contributed by atoms with Crippen LogP contribution in [0.1, 0.15) is 5.56 Å². The number of amides is 1. The number of nitrogens with two attached hydrogens (primary N) is 1. The fourth-order valence-corrected chi connectivity index (χ4v) is 2.00. The maximum atomic E-state index is 11.4. The summed E-state index contributed by atoms with van der Waals surface area (Å²) in [7, 11) is 0. The molecule has 1 aromatic carbocycles. The van der Waals surface area contributed by atoms with Gasteiger partial charge in [0.25, 0.3) is 0 Å². The van der Waals surface area contributed by atoms with Crippen LogP contribution in [0, 0.1) is 0 Å². The molecule has 0 aliphatic carbocycles.